The highest BCUT2D eigenvalue weighted by molar-refractivity contribution is 5.85. The molecule has 1 amide bonds. The lowest BCUT2D eigenvalue weighted by Gasteiger charge is -2.31. The average molecular weight is 332 g/mol. The van der Waals surface area contributed by atoms with E-state index in [1.54, 1.807) is 12.0 Å². The first-order valence-electron chi connectivity index (χ1n) is 7.80. The second-order valence-corrected chi connectivity index (χ2v) is 5.61. The second-order valence-electron chi connectivity index (χ2n) is 5.61. The first kappa shape index (κ1) is 16.3. The van der Waals surface area contributed by atoms with E-state index in [0.29, 0.717) is 26.1 Å². The van der Waals surface area contributed by atoms with Crippen LogP contribution in [0.3, 0.4) is 0 Å². The fourth-order valence-electron chi connectivity index (χ4n) is 2.81. The number of ether oxygens (including phenoxy) is 3. The number of carbonyl (C=O) groups excluding carboxylic acids is 2. The van der Waals surface area contributed by atoms with Gasteiger partial charge in [0.2, 0.25) is 0 Å². The quantitative estimate of drug-likeness (QED) is 0.839. The topological polar surface area (TPSA) is 80.9 Å². The van der Waals surface area contributed by atoms with Crippen molar-refractivity contribution < 1.29 is 23.8 Å². The summed E-state index contributed by atoms with van der Waals surface area (Å²) in [6.07, 6.45) is 1.52. The van der Waals surface area contributed by atoms with Crippen molar-refractivity contribution >= 4 is 22.8 Å². The number of fused-ring (bicyclic) bond motifs is 1. The standard InChI is InChI=1S/C17H20N2O5/c1-11(20)24-17-16(21)19(7-8-23-17)6-5-12-10-18-15-9-13(22-2)3-4-14(12)15/h3-4,9-10,17-18H,5-8H2,1-2H3. The zero-order valence-electron chi connectivity index (χ0n) is 13.7. The van der Waals surface area contributed by atoms with Crippen LogP contribution in [0.5, 0.6) is 5.75 Å². The second kappa shape index (κ2) is 6.92. The predicted molar refractivity (Wildman–Crippen MR) is 86.6 cm³/mol. The highest BCUT2D eigenvalue weighted by Crippen LogP contribution is 2.24. The van der Waals surface area contributed by atoms with E-state index in [0.717, 1.165) is 22.2 Å². The van der Waals surface area contributed by atoms with Crippen molar-refractivity contribution in [1.29, 1.82) is 0 Å². The van der Waals surface area contributed by atoms with E-state index in [1.165, 1.54) is 6.92 Å². The molecule has 1 saturated heterocycles. The van der Waals surface area contributed by atoms with Gasteiger partial charge in [0.1, 0.15) is 5.75 Å². The van der Waals surface area contributed by atoms with Crippen LogP contribution in [0.2, 0.25) is 0 Å². The zero-order valence-corrected chi connectivity index (χ0v) is 13.7. The van der Waals surface area contributed by atoms with Crippen molar-refractivity contribution in [3.8, 4) is 5.75 Å². The van der Waals surface area contributed by atoms with Crippen LogP contribution >= 0.6 is 0 Å². The van der Waals surface area contributed by atoms with Crippen LogP contribution in [0.1, 0.15) is 12.5 Å². The molecule has 7 heteroatoms. The van der Waals surface area contributed by atoms with Crippen molar-refractivity contribution in [3.63, 3.8) is 0 Å². The van der Waals surface area contributed by atoms with Crippen LogP contribution < -0.4 is 4.74 Å². The molecule has 1 N–H and O–H groups in total. The molecule has 3 rings (SSSR count). The third-order valence-electron chi connectivity index (χ3n) is 4.04. The molecule has 1 aliphatic rings. The number of benzene rings is 1. The molecule has 2 heterocycles. The largest absolute Gasteiger partial charge is 0.497 e. The van der Waals surface area contributed by atoms with Crippen LogP contribution in [-0.2, 0) is 25.5 Å². The molecule has 1 unspecified atom stereocenters. The molecule has 128 valence electrons. The Morgan fingerprint density at radius 3 is 3.04 bits per heavy atom. The minimum absolute atomic E-state index is 0.307. The van der Waals surface area contributed by atoms with Gasteiger partial charge in [-0.1, -0.05) is 0 Å². The lowest BCUT2D eigenvalue weighted by atomic mass is 10.1. The minimum Gasteiger partial charge on any atom is -0.497 e. The molecule has 0 bridgehead atoms. The number of morpholine rings is 1. The van der Waals surface area contributed by atoms with E-state index < -0.39 is 12.3 Å². The number of methoxy groups -OCH3 is 1. The lowest BCUT2D eigenvalue weighted by molar-refractivity contribution is -0.201. The Morgan fingerprint density at radius 2 is 2.29 bits per heavy atom. The Labute approximate surface area is 139 Å². The fraction of sp³-hybridized carbons (Fsp3) is 0.412. The molecule has 1 atom stereocenters. The zero-order chi connectivity index (χ0) is 17.1. The summed E-state index contributed by atoms with van der Waals surface area (Å²) >= 11 is 0. The van der Waals surface area contributed by atoms with E-state index in [-0.39, 0.29) is 5.91 Å². The summed E-state index contributed by atoms with van der Waals surface area (Å²) < 4.78 is 15.3. The molecule has 0 spiro atoms. The summed E-state index contributed by atoms with van der Waals surface area (Å²) in [6.45, 7) is 2.65. The number of amides is 1. The number of hydrogen-bond donors (Lipinski definition) is 1. The normalized spacial score (nSPS) is 18.0. The minimum atomic E-state index is -1.12. The molecule has 0 saturated carbocycles. The Hall–Kier alpha value is -2.54. The van der Waals surface area contributed by atoms with Crippen LogP contribution in [0, 0.1) is 0 Å². The molecule has 1 aliphatic heterocycles. The number of esters is 1. The van der Waals surface area contributed by atoms with Gasteiger partial charge in [0.25, 0.3) is 12.2 Å². The number of nitrogens with one attached hydrogen (secondary N) is 1. The molecule has 1 fully saturated rings. The molecule has 0 aliphatic carbocycles. The Bertz CT molecular complexity index is 755. The molecular weight excluding hydrogens is 312 g/mol. The maximum Gasteiger partial charge on any atom is 0.305 e. The van der Waals surface area contributed by atoms with Crippen LogP contribution in [-0.4, -0.2) is 54.9 Å². The number of aromatic amines is 1. The van der Waals surface area contributed by atoms with Gasteiger partial charge < -0.3 is 24.1 Å². The van der Waals surface area contributed by atoms with Gasteiger partial charge in [-0.05, 0) is 24.1 Å². The molecule has 2 aromatic rings. The number of hydrogen-bond acceptors (Lipinski definition) is 5. The summed E-state index contributed by atoms with van der Waals surface area (Å²) in [5, 5.41) is 1.10. The number of carbonyl (C=O) groups is 2. The van der Waals surface area contributed by atoms with Crippen molar-refractivity contribution in [2.45, 2.75) is 19.6 Å². The van der Waals surface area contributed by atoms with Crippen LogP contribution in [0.25, 0.3) is 10.9 Å². The van der Waals surface area contributed by atoms with Gasteiger partial charge in [0.15, 0.2) is 0 Å². The van der Waals surface area contributed by atoms with E-state index in [2.05, 4.69) is 4.98 Å². The van der Waals surface area contributed by atoms with Crippen molar-refractivity contribution in [2.24, 2.45) is 0 Å². The number of nitrogens with zero attached hydrogens (tertiary/aromatic N) is 1. The highest BCUT2D eigenvalue weighted by Gasteiger charge is 2.31. The summed E-state index contributed by atoms with van der Waals surface area (Å²) in [6, 6.07) is 5.86. The third kappa shape index (κ3) is 3.35. The SMILES string of the molecule is COc1ccc2c(CCN3CCOC(OC(C)=O)C3=O)c[nH]c2c1. The number of H-pyrrole nitrogens is 1. The Kier molecular flexibility index (Phi) is 4.71. The Morgan fingerprint density at radius 1 is 1.46 bits per heavy atom. The first-order chi connectivity index (χ1) is 11.6. The molecule has 1 aromatic heterocycles. The van der Waals surface area contributed by atoms with E-state index in [9.17, 15) is 9.59 Å². The summed E-state index contributed by atoms with van der Waals surface area (Å²) in [4.78, 5) is 28.2. The monoisotopic (exact) mass is 332 g/mol. The average Bonchev–Trinajstić information content (AvgIpc) is 2.97. The smallest absolute Gasteiger partial charge is 0.305 e. The van der Waals surface area contributed by atoms with Gasteiger partial charge >= 0.3 is 5.97 Å². The van der Waals surface area contributed by atoms with Crippen molar-refractivity contribution in [2.75, 3.05) is 26.8 Å². The van der Waals surface area contributed by atoms with E-state index in [4.69, 9.17) is 14.2 Å². The summed E-state index contributed by atoms with van der Waals surface area (Å²) in [5.74, 6) is -0.0396. The molecule has 0 radical (unpaired) electrons. The highest BCUT2D eigenvalue weighted by atomic mass is 16.7. The van der Waals surface area contributed by atoms with Gasteiger partial charge in [0.05, 0.1) is 13.7 Å². The van der Waals surface area contributed by atoms with E-state index >= 15 is 0 Å². The predicted octanol–water partition coefficient (Wildman–Crippen LogP) is 1.47. The number of aromatic nitrogens is 1. The fourth-order valence-corrected chi connectivity index (χ4v) is 2.81. The first-order valence-corrected chi connectivity index (χ1v) is 7.80. The van der Waals surface area contributed by atoms with Gasteiger partial charge in [0, 0.05) is 43.2 Å². The summed E-state index contributed by atoms with van der Waals surface area (Å²) in [7, 11) is 1.63. The van der Waals surface area contributed by atoms with Gasteiger partial charge in [-0.25, -0.2) is 0 Å². The van der Waals surface area contributed by atoms with Crippen LogP contribution in [0.15, 0.2) is 24.4 Å². The molecule has 24 heavy (non-hydrogen) atoms. The Balaban J connectivity index is 1.67. The van der Waals surface area contributed by atoms with Gasteiger partial charge in [-0.3, -0.25) is 9.59 Å². The third-order valence-corrected chi connectivity index (χ3v) is 4.04. The van der Waals surface area contributed by atoms with Gasteiger partial charge in [-0.2, -0.15) is 0 Å². The van der Waals surface area contributed by atoms with Crippen LogP contribution in [0.4, 0.5) is 0 Å². The molecule has 7 nitrogen and oxygen atoms in total. The van der Waals surface area contributed by atoms with E-state index in [1.807, 2.05) is 24.4 Å². The van der Waals surface area contributed by atoms with Crippen molar-refractivity contribution in [3.05, 3.63) is 30.0 Å². The lowest BCUT2D eigenvalue weighted by Crippen LogP contribution is -2.49. The molecule has 1 aromatic carbocycles. The van der Waals surface area contributed by atoms with Crippen molar-refractivity contribution in [1.82, 2.24) is 9.88 Å². The maximum absolute atomic E-state index is 12.3. The maximum atomic E-state index is 12.3. The summed E-state index contributed by atoms with van der Waals surface area (Å²) in [5.41, 5.74) is 2.12. The molecular formula is C17H20N2O5. The van der Waals surface area contributed by atoms with Gasteiger partial charge in [-0.15, -0.1) is 0 Å². The number of rotatable bonds is 5.